The van der Waals surface area contributed by atoms with Gasteiger partial charge in [-0.1, -0.05) is 0 Å². The third-order valence-corrected chi connectivity index (χ3v) is 2.18. The van der Waals surface area contributed by atoms with Gasteiger partial charge in [0, 0.05) is 17.4 Å². The molecular formula is C12H12N4O. The Kier molecular flexibility index (Phi) is 3.00. The van der Waals surface area contributed by atoms with E-state index in [0.717, 1.165) is 5.56 Å². The van der Waals surface area contributed by atoms with E-state index < -0.39 is 0 Å². The minimum atomic E-state index is -0.249. The molecule has 0 fully saturated rings. The number of anilines is 2. The second-order valence-electron chi connectivity index (χ2n) is 3.70. The number of nitrogens with two attached hydrogens (primary N) is 1. The van der Waals surface area contributed by atoms with Gasteiger partial charge in [0.2, 0.25) is 0 Å². The number of carbonyl (C=O) groups is 1. The Labute approximate surface area is 98.7 Å². The van der Waals surface area contributed by atoms with Crippen LogP contribution in [0.15, 0.2) is 36.5 Å². The van der Waals surface area contributed by atoms with Gasteiger partial charge in [0.25, 0.3) is 5.91 Å². The summed E-state index contributed by atoms with van der Waals surface area (Å²) in [6.45, 7) is 1.88. The predicted octanol–water partition coefficient (Wildman–Crippen LogP) is 1.62. The molecule has 0 spiro atoms. The Morgan fingerprint density at radius 2 is 2.18 bits per heavy atom. The average molecular weight is 228 g/mol. The molecule has 1 aromatic heterocycles. The minimum Gasteiger partial charge on any atom is -0.399 e. The van der Waals surface area contributed by atoms with Crippen molar-refractivity contribution in [3.05, 3.63) is 47.7 Å². The van der Waals surface area contributed by atoms with Crippen LogP contribution in [0.1, 0.15) is 15.9 Å². The molecule has 0 saturated carbocycles. The van der Waals surface area contributed by atoms with E-state index in [1.165, 1.54) is 0 Å². The number of hydrogen-bond donors (Lipinski definition) is 2. The molecule has 3 N–H and O–H groups in total. The van der Waals surface area contributed by atoms with E-state index in [1.807, 2.05) is 6.92 Å². The maximum Gasteiger partial charge on any atom is 0.256 e. The van der Waals surface area contributed by atoms with Crippen LogP contribution < -0.4 is 11.1 Å². The summed E-state index contributed by atoms with van der Waals surface area (Å²) < 4.78 is 0. The van der Waals surface area contributed by atoms with Crippen molar-refractivity contribution in [2.24, 2.45) is 0 Å². The molecule has 0 bridgehead atoms. The van der Waals surface area contributed by atoms with Crippen LogP contribution in [-0.2, 0) is 0 Å². The van der Waals surface area contributed by atoms with Crippen LogP contribution in [0.3, 0.4) is 0 Å². The number of nitrogen functional groups attached to an aromatic ring is 1. The van der Waals surface area contributed by atoms with Gasteiger partial charge in [-0.3, -0.25) is 4.79 Å². The monoisotopic (exact) mass is 228 g/mol. The fourth-order valence-electron chi connectivity index (χ4n) is 1.50. The Hall–Kier alpha value is -2.43. The second-order valence-corrected chi connectivity index (χ2v) is 3.70. The van der Waals surface area contributed by atoms with Crippen LogP contribution in [0.4, 0.5) is 11.5 Å². The van der Waals surface area contributed by atoms with Gasteiger partial charge < -0.3 is 11.1 Å². The third kappa shape index (κ3) is 2.78. The quantitative estimate of drug-likeness (QED) is 0.765. The lowest BCUT2D eigenvalue weighted by Crippen LogP contribution is -2.13. The molecule has 0 saturated heterocycles. The molecule has 5 heteroatoms. The molecular weight excluding hydrogens is 216 g/mol. The smallest absolute Gasteiger partial charge is 0.256 e. The lowest BCUT2D eigenvalue weighted by atomic mass is 10.1. The molecule has 86 valence electrons. The summed E-state index contributed by atoms with van der Waals surface area (Å²) >= 11 is 0. The van der Waals surface area contributed by atoms with Crippen LogP contribution in [0.5, 0.6) is 0 Å². The van der Waals surface area contributed by atoms with Crippen molar-refractivity contribution < 1.29 is 4.79 Å². The Morgan fingerprint density at radius 3 is 2.82 bits per heavy atom. The highest BCUT2D eigenvalue weighted by atomic mass is 16.1. The van der Waals surface area contributed by atoms with E-state index in [1.54, 1.807) is 36.5 Å². The van der Waals surface area contributed by atoms with Gasteiger partial charge in [0.05, 0.1) is 0 Å². The highest BCUT2D eigenvalue weighted by molar-refractivity contribution is 6.04. The summed E-state index contributed by atoms with van der Waals surface area (Å²) in [5.74, 6) is 0.165. The van der Waals surface area contributed by atoms with Gasteiger partial charge in [-0.05, 0) is 42.8 Å². The topological polar surface area (TPSA) is 80.9 Å². The molecule has 1 heterocycles. The van der Waals surface area contributed by atoms with E-state index in [0.29, 0.717) is 17.1 Å². The Bertz CT molecular complexity index is 519. The molecule has 2 rings (SSSR count). The van der Waals surface area contributed by atoms with Gasteiger partial charge in [0.15, 0.2) is 5.82 Å². The van der Waals surface area contributed by atoms with E-state index in [9.17, 15) is 4.79 Å². The van der Waals surface area contributed by atoms with Crippen molar-refractivity contribution in [2.45, 2.75) is 6.92 Å². The molecule has 1 amide bonds. The highest BCUT2D eigenvalue weighted by Gasteiger charge is 2.07. The molecule has 1 aromatic carbocycles. The van der Waals surface area contributed by atoms with Gasteiger partial charge in [0.1, 0.15) is 0 Å². The number of benzene rings is 1. The first-order valence-electron chi connectivity index (χ1n) is 5.11. The van der Waals surface area contributed by atoms with Crippen molar-refractivity contribution in [1.82, 2.24) is 10.2 Å². The molecule has 5 nitrogen and oxygen atoms in total. The van der Waals surface area contributed by atoms with E-state index in [4.69, 9.17) is 5.73 Å². The molecule has 17 heavy (non-hydrogen) atoms. The molecule has 0 aliphatic heterocycles. The van der Waals surface area contributed by atoms with E-state index >= 15 is 0 Å². The van der Waals surface area contributed by atoms with Gasteiger partial charge in [-0.2, -0.15) is 5.10 Å². The number of rotatable bonds is 2. The minimum absolute atomic E-state index is 0.249. The summed E-state index contributed by atoms with van der Waals surface area (Å²) in [4.78, 5) is 11.9. The molecule has 0 aliphatic rings. The highest BCUT2D eigenvalue weighted by Crippen LogP contribution is 2.12. The van der Waals surface area contributed by atoms with Gasteiger partial charge in [-0.15, -0.1) is 5.10 Å². The fourth-order valence-corrected chi connectivity index (χ4v) is 1.50. The zero-order chi connectivity index (χ0) is 12.3. The average Bonchev–Trinajstić information content (AvgIpc) is 2.29. The lowest BCUT2D eigenvalue weighted by Gasteiger charge is -2.05. The van der Waals surface area contributed by atoms with Gasteiger partial charge in [-0.25, -0.2) is 0 Å². The van der Waals surface area contributed by atoms with Crippen molar-refractivity contribution in [3.8, 4) is 0 Å². The number of hydrogen-bond acceptors (Lipinski definition) is 4. The van der Waals surface area contributed by atoms with Crippen molar-refractivity contribution >= 4 is 17.4 Å². The number of nitrogens with one attached hydrogen (secondary N) is 1. The summed E-state index contributed by atoms with van der Waals surface area (Å²) in [6.07, 6.45) is 1.54. The van der Waals surface area contributed by atoms with Crippen molar-refractivity contribution in [2.75, 3.05) is 11.1 Å². The summed E-state index contributed by atoms with van der Waals surface area (Å²) in [7, 11) is 0. The van der Waals surface area contributed by atoms with Crippen LogP contribution >= 0.6 is 0 Å². The third-order valence-electron chi connectivity index (χ3n) is 2.18. The molecule has 0 radical (unpaired) electrons. The Morgan fingerprint density at radius 1 is 1.35 bits per heavy atom. The molecule has 0 aliphatic carbocycles. The number of nitrogens with zero attached hydrogens (tertiary/aromatic N) is 2. The SMILES string of the molecule is Cc1cc(N)cc(C(=O)Nc2cccnn2)c1. The van der Waals surface area contributed by atoms with E-state index in [2.05, 4.69) is 15.5 Å². The fraction of sp³-hybridized carbons (Fsp3) is 0.0833. The normalized spacial score (nSPS) is 9.94. The first kappa shape index (κ1) is 11.1. The van der Waals surface area contributed by atoms with Crippen molar-refractivity contribution in [1.29, 1.82) is 0 Å². The number of carbonyl (C=O) groups excluding carboxylic acids is 1. The summed E-state index contributed by atoms with van der Waals surface area (Å²) in [5, 5.41) is 10.1. The van der Waals surface area contributed by atoms with Crippen LogP contribution in [-0.4, -0.2) is 16.1 Å². The maximum atomic E-state index is 11.9. The number of amides is 1. The van der Waals surface area contributed by atoms with Crippen LogP contribution in [0.2, 0.25) is 0 Å². The van der Waals surface area contributed by atoms with E-state index in [-0.39, 0.29) is 5.91 Å². The largest absolute Gasteiger partial charge is 0.399 e. The van der Waals surface area contributed by atoms with Gasteiger partial charge >= 0.3 is 0 Å². The summed E-state index contributed by atoms with van der Waals surface area (Å²) in [5.41, 5.74) is 7.69. The Balaban J connectivity index is 2.20. The zero-order valence-electron chi connectivity index (χ0n) is 9.34. The van der Waals surface area contributed by atoms with Crippen LogP contribution in [0.25, 0.3) is 0 Å². The molecule has 2 aromatic rings. The first-order valence-corrected chi connectivity index (χ1v) is 5.11. The van der Waals surface area contributed by atoms with Crippen molar-refractivity contribution in [3.63, 3.8) is 0 Å². The zero-order valence-corrected chi connectivity index (χ0v) is 9.34. The summed E-state index contributed by atoms with van der Waals surface area (Å²) in [6, 6.07) is 8.57. The maximum absolute atomic E-state index is 11.9. The second kappa shape index (κ2) is 4.61. The molecule has 0 unspecified atom stereocenters. The van der Waals surface area contributed by atoms with Crippen LogP contribution in [0, 0.1) is 6.92 Å². The standard InChI is InChI=1S/C12H12N4O/c1-8-5-9(7-10(13)6-8)12(17)15-11-3-2-4-14-16-11/h2-7H,13H2,1H3,(H,15,16,17). The molecule has 0 atom stereocenters. The predicted molar refractivity (Wildman–Crippen MR) is 65.6 cm³/mol. The number of aromatic nitrogens is 2. The number of aryl methyl sites for hydroxylation is 1. The lowest BCUT2D eigenvalue weighted by molar-refractivity contribution is 0.102. The first-order chi connectivity index (χ1) is 8.15.